The predicted octanol–water partition coefficient (Wildman–Crippen LogP) is 3.67. The van der Waals surface area contributed by atoms with Crippen LogP contribution in [0.2, 0.25) is 0 Å². The third-order valence-corrected chi connectivity index (χ3v) is 2.53. The van der Waals surface area contributed by atoms with Gasteiger partial charge in [0.15, 0.2) is 11.6 Å². The molecule has 102 valence electrons. The average Bonchev–Trinajstić information content (AvgIpc) is 2.12. The van der Waals surface area contributed by atoms with Crippen LogP contribution in [0.1, 0.15) is 27.7 Å². The third-order valence-electron chi connectivity index (χ3n) is 2.53. The first-order valence-corrected chi connectivity index (χ1v) is 6.30. The quantitative estimate of drug-likeness (QED) is 0.814. The van der Waals surface area contributed by atoms with E-state index in [2.05, 4.69) is 0 Å². The molecule has 1 rings (SSSR count). The second-order valence-electron chi connectivity index (χ2n) is 5.53. The van der Waals surface area contributed by atoms with Gasteiger partial charge in [0.25, 0.3) is 0 Å². The van der Waals surface area contributed by atoms with Crippen molar-refractivity contribution in [2.24, 2.45) is 11.8 Å². The number of benzene rings is 1. The summed E-state index contributed by atoms with van der Waals surface area (Å²) in [5.41, 5.74) is 5.58. The van der Waals surface area contributed by atoms with Crippen molar-refractivity contribution in [3.63, 3.8) is 0 Å². The molecule has 0 aromatic heterocycles. The van der Waals surface area contributed by atoms with Crippen molar-refractivity contribution in [3.8, 4) is 0 Å². The molecule has 0 unspecified atom stereocenters. The summed E-state index contributed by atoms with van der Waals surface area (Å²) in [6.45, 7) is 9.35. The zero-order valence-corrected chi connectivity index (χ0v) is 11.5. The van der Waals surface area contributed by atoms with Crippen LogP contribution in [0.25, 0.3) is 0 Å². The van der Waals surface area contributed by atoms with Gasteiger partial charge < -0.3 is 10.6 Å². The van der Waals surface area contributed by atoms with Gasteiger partial charge >= 0.3 is 0 Å². The lowest BCUT2D eigenvalue weighted by Crippen LogP contribution is -2.32. The fourth-order valence-electron chi connectivity index (χ4n) is 2.03. The monoisotopic (exact) mass is 256 g/mol. The van der Waals surface area contributed by atoms with E-state index in [4.69, 9.17) is 5.73 Å². The molecule has 0 amide bonds. The van der Waals surface area contributed by atoms with Crippen LogP contribution in [0, 0.1) is 23.5 Å². The lowest BCUT2D eigenvalue weighted by Gasteiger charge is -2.29. The Bertz CT molecular complexity index is 370. The predicted molar refractivity (Wildman–Crippen MR) is 72.7 cm³/mol. The molecule has 2 nitrogen and oxygen atoms in total. The van der Waals surface area contributed by atoms with Crippen molar-refractivity contribution < 1.29 is 8.78 Å². The first kappa shape index (κ1) is 14.7. The molecule has 0 atom stereocenters. The number of nitrogen functional groups attached to an aromatic ring is 1. The Kier molecular flexibility index (Phi) is 4.93. The Labute approximate surface area is 108 Å². The van der Waals surface area contributed by atoms with Gasteiger partial charge in [-0.1, -0.05) is 27.7 Å². The minimum absolute atomic E-state index is 0.0339. The Morgan fingerprint density at radius 2 is 1.39 bits per heavy atom. The van der Waals surface area contributed by atoms with Gasteiger partial charge in [0, 0.05) is 18.8 Å². The topological polar surface area (TPSA) is 29.3 Å². The summed E-state index contributed by atoms with van der Waals surface area (Å²) in [6, 6.07) is 2.35. The van der Waals surface area contributed by atoms with Crippen LogP contribution in [0.3, 0.4) is 0 Å². The molecule has 0 bridgehead atoms. The Hall–Kier alpha value is -1.32. The van der Waals surface area contributed by atoms with E-state index in [-0.39, 0.29) is 11.4 Å². The summed E-state index contributed by atoms with van der Waals surface area (Å²) in [5.74, 6) is -0.511. The number of hydrogen-bond acceptors (Lipinski definition) is 2. The highest BCUT2D eigenvalue weighted by Gasteiger charge is 2.19. The number of rotatable bonds is 5. The van der Waals surface area contributed by atoms with E-state index in [9.17, 15) is 8.78 Å². The standard InChI is InChI=1S/C14H22F2N2/c1-9(2)7-18(8-10(3)4)14-12(15)5-11(17)6-13(14)16/h5-6,9-10H,7-8,17H2,1-4H3. The van der Waals surface area contributed by atoms with Gasteiger partial charge in [0.1, 0.15) is 5.69 Å². The number of nitrogens with zero attached hydrogens (tertiary/aromatic N) is 1. The molecule has 0 radical (unpaired) electrons. The van der Waals surface area contributed by atoms with E-state index in [1.165, 1.54) is 12.1 Å². The normalized spacial score (nSPS) is 11.3. The summed E-state index contributed by atoms with van der Waals surface area (Å²) >= 11 is 0. The van der Waals surface area contributed by atoms with Gasteiger partial charge in [-0.2, -0.15) is 0 Å². The van der Waals surface area contributed by atoms with E-state index in [1.54, 1.807) is 4.90 Å². The summed E-state index contributed by atoms with van der Waals surface area (Å²) in [7, 11) is 0. The largest absolute Gasteiger partial charge is 0.399 e. The number of nitrogens with two attached hydrogens (primary N) is 1. The van der Waals surface area contributed by atoms with Crippen LogP contribution in [0.15, 0.2) is 12.1 Å². The molecule has 1 aromatic rings. The Morgan fingerprint density at radius 3 is 1.72 bits per heavy atom. The van der Waals surface area contributed by atoms with E-state index >= 15 is 0 Å². The van der Waals surface area contributed by atoms with Crippen molar-refractivity contribution in [1.29, 1.82) is 0 Å². The summed E-state index contributed by atoms with van der Waals surface area (Å²) < 4.78 is 27.8. The van der Waals surface area contributed by atoms with Gasteiger partial charge in [-0.05, 0) is 24.0 Å². The minimum atomic E-state index is -0.589. The van der Waals surface area contributed by atoms with Gasteiger partial charge in [-0.15, -0.1) is 0 Å². The van der Waals surface area contributed by atoms with Crippen molar-refractivity contribution >= 4 is 11.4 Å². The van der Waals surface area contributed by atoms with Gasteiger partial charge in [0.2, 0.25) is 0 Å². The molecular formula is C14H22F2N2. The molecule has 1 aromatic carbocycles. The van der Waals surface area contributed by atoms with Crippen molar-refractivity contribution in [3.05, 3.63) is 23.8 Å². The number of anilines is 2. The van der Waals surface area contributed by atoms with E-state index < -0.39 is 11.6 Å². The maximum Gasteiger partial charge on any atom is 0.151 e. The highest BCUT2D eigenvalue weighted by atomic mass is 19.1. The zero-order chi connectivity index (χ0) is 13.9. The van der Waals surface area contributed by atoms with Crippen LogP contribution in [0.4, 0.5) is 20.2 Å². The van der Waals surface area contributed by atoms with Crippen molar-refractivity contribution in [1.82, 2.24) is 0 Å². The maximum absolute atomic E-state index is 13.9. The first-order valence-electron chi connectivity index (χ1n) is 6.30. The van der Waals surface area contributed by atoms with Crippen LogP contribution in [-0.4, -0.2) is 13.1 Å². The molecule has 18 heavy (non-hydrogen) atoms. The highest BCUT2D eigenvalue weighted by Crippen LogP contribution is 2.27. The van der Waals surface area contributed by atoms with Crippen LogP contribution >= 0.6 is 0 Å². The smallest absolute Gasteiger partial charge is 0.151 e. The Balaban J connectivity index is 3.11. The van der Waals surface area contributed by atoms with Crippen LogP contribution in [-0.2, 0) is 0 Å². The minimum Gasteiger partial charge on any atom is -0.399 e. The van der Waals surface area contributed by atoms with Crippen LogP contribution < -0.4 is 10.6 Å². The van der Waals surface area contributed by atoms with E-state index in [1.807, 2.05) is 27.7 Å². The van der Waals surface area contributed by atoms with Gasteiger partial charge in [0.05, 0.1) is 0 Å². The summed E-state index contributed by atoms with van der Waals surface area (Å²) in [5, 5.41) is 0. The number of halogens is 2. The lowest BCUT2D eigenvalue weighted by molar-refractivity contribution is 0.518. The average molecular weight is 256 g/mol. The molecule has 2 N–H and O–H groups in total. The highest BCUT2D eigenvalue weighted by molar-refractivity contribution is 5.55. The molecular weight excluding hydrogens is 234 g/mol. The molecule has 0 fully saturated rings. The molecule has 4 heteroatoms. The van der Waals surface area contributed by atoms with Gasteiger partial charge in [-0.3, -0.25) is 0 Å². The fraction of sp³-hybridized carbons (Fsp3) is 0.571. The second kappa shape index (κ2) is 6.03. The Morgan fingerprint density at radius 1 is 1.00 bits per heavy atom. The molecule has 0 spiro atoms. The molecule has 0 aliphatic heterocycles. The van der Waals surface area contributed by atoms with E-state index in [0.717, 1.165) is 0 Å². The third kappa shape index (κ3) is 3.86. The summed E-state index contributed by atoms with van der Waals surface area (Å²) in [6.07, 6.45) is 0. The lowest BCUT2D eigenvalue weighted by atomic mass is 10.1. The zero-order valence-electron chi connectivity index (χ0n) is 11.5. The second-order valence-corrected chi connectivity index (χ2v) is 5.53. The summed E-state index contributed by atoms with van der Waals surface area (Å²) in [4.78, 5) is 1.76. The molecule has 0 saturated carbocycles. The molecule has 0 heterocycles. The molecule has 0 saturated heterocycles. The van der Waals surface area contributed by atoms with Crippen LogP contribution in [0.5, 0.6) is 0 Å². The maximum atomic E-state index is 13.9. The fourth-order valence-corrected chi connectivity index (χ4v) is 2.03. The number of hydrogen-bond donors (Lipinski definition) is 1. The SMILES string of the molecule is CC(C)CN(CC(C)C)c1c(F)cc(N)cc1F. The molecule has 0 aliphatic rings. The van der Waals surface area contributed by atoms with Crippen molar-refractivity contribution in [2.45, 2.75) is 27.7 Å². The molecule has 0 aliphatic carbocycles. The van der Waals surface area contributed by atoms with Crippen molar-refractivity contribution in [2.75, 3.05) is 23.7 Å². The van der Waals surface area contributed by atoms with Gasteiger partial charge in [-0.25, -0.2) is 8.78 Å². The first-order chi connectivity index (χ1) is 8.31. The van der Waals surface area contributed by atoms with E-state index in [0.29, 0.717) is 24.9 Å².